The van der Waals surface area contributed by atoms with Gasteiger partial charge in [-0.25, -0.2) is 19.4 Å². The Balaban J connectivity index is 0.000000837. The summed E-state index contributed by atoms with van der Waals surface area (Å²) < 4.78 is 58.9. The molecular formula is C20H21F4N5O3. The second-order valence-electron chi connectivity index (χ2n) is 5.96. The van der Waals surface area contributed by atoms with Gasteiger partial charge in [-0.1, -0.05) is 5.16 Å². The predicted molar refractivity (Wildman–Crippen MR) is 108 cm³/mol. The molecule has 172 valence electrons. The van der Waals surface area contributed by atoms with Crippen LogP contribution < -0.4 is 10.5 Å². The Morgan fingerprint density at radius 1 is 1.16 bits per heavy atom. The van der Waals surface area contributed by atoms with Crippen molar-refractivity contribution in [1.29, 1.82) is 0 Å². The Morgan fingerprint density at radius 2 is 1.91 bits per heavy atom. The molecule has 0 saturated heterocycles. The minimum atomic E-state index is -3.67. The van der Waals surface area contributed by atoms with E-state index in [0.29, 0.717) is 47.2 Å². The first-order chi connectivity index (χ1) is 15.3. The van der Waals surface area contributed by atoms with Crippen LogP contribution in [0.5, 0.6) is 5.88 Å². The van der Waals surface area contributed by atoms with E-state index in [9.17, 15) is 17.6 Å². The van der Waals surface area contributed by atoms with Crippen LogP contribution in [0.4, 0.5) is 17.6 Å². The second kappa shape index (κ2) is 12.2. The summed E-state index contributed by atoms with van der Waals surface area (Å²) in [4.78, 5) is 12.1. The van der Waals surface area contributed by atoms with Gasteiger partial charge in [0, 0.05) is 25.1 Å². The van der Waals surface area contributed by atoms with Crippen molar-refractivity contribution in [2.24, 2.45) is 10.7 Å². The first kappa shape index (κ1) is 24.6. The van der Waals surface area contributed by atoms with Gasteiger partial charge in [0.25, 0.3) is 6.02 Å². The zero-order valence-corrected chi connectivity index (χ0v) is 17.3. The molecule has 0 spiro atoms. The Morgan fingerprint density at radius 3 is 2.53 bits per heavy atom. The van der Waals surface area contributed by atoms with E-state index in [2.05, 4.69) is 20.1 Å². The van der Waals surface area contributed by atoms with Crippen LogP contribution in [0.2, 0.25) is 0 Å². The Hall–Kier alpha value is -3.70. The van der Waals surface area contributed by atoms with Crippen molar-refractivity contribution in [2.75, 3.05) is 20.3 Å². The highest BCUT2D eigenvalue weighted by atomic mass is 19.4. The van der Waals surface area contributed by atoms with Gasteiger partial charge in [0.2, 0.25) is 5.88 Å². The number of hydrogen-bond donors (Lipinski definition) is 1. The molecule has 0 atom stereocenters. The molecule has 0 unspecified atom stereocenters. The summed E-state index contributed by atoms with van der Waals surface area (Å²) in [5.41, 5.74) is 7.70. The number of halogens is 4. The number of aliphatic imine (C=N–C) groups is 1. The van der Waals surface area contributed by atoms with Crippen molar-refractivity contribution in [2.45, 2.75) is 20.0 Å². The lowest BCUT2D eigenvalue weighted by Gasteiger charge is -2.06. The number of rotatable bonds is 7. The lowest BCUT2D eigenvalue weighted by Crippen LogP contribution is -2.17. The molecule has 3 rings (SSSR count). The molecule has 12 heteroatoms. The SMILES string of the molecule is CCOc1cnc(-c2cc(-c3ccc(F)c(CCOC(N)=NC)c3)on2)cn1.FC(F)F. The predicted octanol–water partition coefficient (Wildman–Crippen LogP) is 4.02. The fourth-order valence-corrected chi connectivity index (χ4v) is 2.45. The zero-order chi connectivity index (χ0) is 23.5. The molecule has 0 aliphatic heterocycles. The summed E-state index contributed by atoms with van der Waals surface area (Å²) in [6.07, 6.45) is 3.41. The van der Waals surface area contributed by atoms with Crippen LogP contribution in [0.25, 0.3) is 22.7 Å². The molecule has 0 fully saturated rings. The molecule has 0 saturated carbocycles. The number of amidine groups is 1. The van der Waals surface area contributed by atoms with E-state index in [1.54, 1.807) is 24.4 Å². The highest BCUT2D eigenvalue weighted by Gasteiger charge is 2.13. The number of ether oxygens (including phenoxy) is 2. The third-order valence-electron chi connectivity index (χ3n) is 3.86. The van der Waals surface area contributed by atoms with E-state index < -0.39 is 6.68 Å². The first-order valence-corrected chi connectivity index (χ1v) is 9.32. The van der Waals surface area contributed by atoms with Gasteiger partial charge in [-0.05, 0) is 30.7 Å². The van der Waals surface area contributed by atoms with Gasteiger partial charge in [-0.2, -0.15) is 13.2 Å². The number of hydrogen-bond acceptors (Lipinski definition) is 7. The lowest BCUT2D eigenvalue weighted by atomic mass is 10.1. The fourth-order valence-electron chi connectivity index (χ4n) is 2.45. The molecule has 0 bridgehead atoms. The molecule has 2 heterocycles. The smallest absolute Gasteiger partial charge is 0.379 e. The van der Waals surface area contributed by atoms with Crippen LogP contribution in [-0.2, 0) is 11.2 Å². The standard InChI is InChI=1S/C19H20FN5O3.CHF3/c1-3-26-18-11-23-16(10-24-18)15-9-17(28-25-15)13-4-5-14(20)12(8-13)6-7-27-19(21)22-2;2-1(3)4/h4-5,8-11H,3,6-7H2,1-2H3,(H2,21,22);1H. The van der Waals surface area contributed by atoms with Crippen molar-refractivity contribution in [3.8, 4) is 28.6 Å². The molecule has 3 aromatic rings. The largest absolute Gasteiger partial charge is 0.477 e. The molecule has 8 nitrogen and oxygen atoms in total. The average Bonchev–Trinajstić information content (AvgIpc) is 3.25. The number of nitrogens with two attached hydrogens (primary N) is 1. The highest BCUT2D eigenvalue weighted by molar-refractivity contribution is 5.71. The first-order valence-electron chi connectivity index (χ1n) is 9.32. The van der Waals surface area contributed by atoms with E-state index in [4.69, 9.17) is 19.7 Å². The summed E-state index contributed by atoms with van der Waals surface area (Å²) in [5, 5.41) is 4.02. The molecule has 1 aromatic carbocycles. The van der Waals surface area contributed by atoms with Gasteiger partial charge >= 0.3 is 6.68 Å². The summed E-state index contributed by atoms with van der Waals surface area (Å²) in [7, 11) is 1.52. The van der Waals surface area contributed by atoms with Crippen LogP contribution >= 0.6 is 0 Å². The van der Waals surface area contributed by atoms with Crippen molar-refractivity contribution in [1.82, 2.24) is 15.1 Å². The van der Waals surface area contributed by atoms with E-state index in [1.807, 2.05) is 6.92 Å². The highest BCUT2D eigenvalue weighted by Crippen LogP contribution is 2.27. The van der Waals surface area contributed by atoms with Crippen LogP contribution in [0.3, 0.4) is 0 Å². The van der Waals surface area contributed by atoms with E-state index in [1.165, 1.54) is 19.3 Å². The van der Waals surface area contributed by atoms with Gasteiger partial charge in [-0.15, -0.1) is 0 Å². The zero-order valence-electron chi connectivity index (χ0n) is 17.3. The summed E-state index contributed by atoms with van der Waals surface area (Å²) in [6, 6.07) is 6.47. The van der Waals surface area contributed by atoms with Gasteiger partial charge < -0.3 is 19.7 Å². The molecule has 0 aliphatic carbocycles. The maximum atomic E-state index is 14.1. The van der Waals surface area contributed by atoms with Crippen LogP contribution in [0.15, 0.2) is 46.2 Å². The summed E-state index contributed by atoms with van der Waals surface area (Å²) >= 11 is 0. The van der Waals surface area contributed by atoms with Gasteiger partial charge in [0.05, 0.1) is 25.6 Å². The summed E-state index contributed by atoms with van der Waals surface area (Å²) in [6.45, 7) is -1.07. The number of nitrogens with zero attached hydrogens (tertiary/aromatic N) is 4. The lowest BCUT2D eigenvalue weighted by molar-refractivity contribution is 0.00819. The third-order valence-corrected chi connectivity index (χ3v) is 3.86. The molecule has 2 N–H and O–H groups in total. The minimum absolute atomic E-state index is 0.0629. The maximum Gasteiger partial charge on any atom is 0.379 e. The normalized spacial score (nSPS) is 11.2. The van der Waals surface area contributed by atoms with Gasteiger partial charge in [0.1, 0.15) is 17.2 Å². The number of alkyl halides is 3. The molecule has 32 heavy (non-hydrogen) atoms. The average molecular weight is 455 g/mol. The van der Waals surface area contributed by atoms with Gasteiger partial charge in [-0.3, -0.25) is 0 Å². The van der Waals surface area contributed by atoms with E-state index in [-0.39, 0.29) is 18.4 Å². The second-order valence-corrected chi connectivity index (χ2v) is 5.96. The van der Waals surface area contributed by atoms with Crippen molar-refractivity contribution in [3.63, 3.8) is 0 Å². The van der Waals surface area contributed by atoms with Crippen LogP contribution in [0.1, 0.15) is 12.5 Å². The van der Waals surface area contributed by atoms with E-state index >= 15 is 0 Å². The minimum Gasteiger partial charge on any atom is -0.477 e. The quantitative estimate of drug-likeness (QED) is 0.326. The number of benzene rings is 1. The van der Waals surface area contributed by atoms with Crippen molar-refractivity contribution in [3.05, 3.63) is 48.0 Å². The monoisotopic (exact) mass is 455 g/mol. The fraction of sp³-hybridized carbons (Fsp3) is 0.300. The Labute approximate surface area is 181 Å². The molecular weight excluding hydrogens is 434 g/mol. The molecule has 0 radical (unpaired) electrons. The van der Waals surface area contributed by atoms with Gasteiger partial charge in [0.15, 0.2) is 5.76 Å². The molecule has 0 amide bonds. The van der Waals surface area contributed by atoms with Crippen molar-refractivity contribution >= 4 is 6.02 Å². The summed E-state index contributed by atoms with van der Waals surface area (Å²) in [5.74, 6) is 0.591. The van der Waals surface area contributed by atoms with Crippen LogP contribution in [-0.4, -0.2) is 48.1 Å². The van der Waals surface area contributed by atoms with Crippen molar-refractivity contribution < 1.29 is 31.6 Å². The van der Waals surface area contributed by atoms with E-state index in [0.717, 1.165) is 0 Å². The molecule has 2 aromatic heterocycles. The Bertz CT molecular complexity index is 1010. The maximum absolute atomic E-state index is 14.1. The number of aromatic nitrogens is 3. The Kier molecular flexibility index (Phi) is 9.39. The molecule has 0 aliphatic rings. The van der Waals surface area contributed by atoms with Crippen LogP contribution in [0, 0.1) is 5.82 Å². The third kappa shape index (κ3) is 7.52. The topological polar surface area (TPSA) is 109 Å².